The molecule has 0 aromatic heterocycles. The van der Waals surface area contributed by atoms with Gasteiger partial charge in [-0.25, -0.2) is 9.13 Å². The lowest BCUT2D eigenvalue weighted by Crippen LogP contribution is -2.30. The van der Waals surface area contributed by atoms with Crippen molar-refractivity contribution in [1.82, 2.24) is 0 Å². The van der Waals surface area contributed by atoms with E-state index in [1.54, 1.807) is 0 Å². The van der Waals surface area contributed by atoms with E-state index in [9.17, 15) is 43.2 Å². The van der Waals surface area contributed by atoms with Crippen LogP contribution in [0.3, 0.4) is 0 Å². The third kappa shape index (κ3) is 63.5. The Hall–Kier alpha value is -1.94. The van der Waals surface area contributed by atoms with Crippen molar-refractivity contribution < 1.29 is 80.2 Å². The molecule has 0 aliphatic heterocycles. The molecule has 0 bridgehead atoms. The number of aliphatic hydroxyl groups is 1. The summed E-state index contributed by atoms with van der Waals surface area (Å²) in [7, 11) is -9.90. The summed E-state index contributed by atoms with van der Waals surface area (Å²) in [6.07, 6.45) is 48.4. The predicted octanol–water partition coefficient (Wildman–Crippen LogP) is 20.4. The van der Waals surface area contributed by atoms with Crippen LogP contribution in [0.1, 0.15) is 363 Å². The molecule has 6 atom stereocenters. The van der Waals surface area contributed by atoms with E-state index < -0.39 is 97.5 Å². The molecule has 0 heterocycles. The maximum absolute atomic E-state index is 13.0. The van der Waals surface area contributed by atoms with Gasteiger partial charge >= 0.3 is 39.5 Å². The van der Waals surface area contributed by atoms with Gasteiger partial charge < -0.3 is 33.8 Å². The first-order chi connectivity index (χ1) is 43.4. The zero-order chi connectivity index (χ0) is 66.5. The minimum atomic E-state index is -4.95. The van der Waals surface area contributed by atoms with Gasteiger partial charge in [0.15, 0.2) is 12.2 Å². The highest BCUT2D eigenvalue weighted by atomic mass is 31.2. The fourth-order valence-corrected chi connectivity index (χ4v) is 12.3. The maximum Gasteiger partial charge on any atom is 0.472 e. The van der Waals surface area contributed by atoms with Crippen LogP contribution in [-0.4, -0.2) is 96.7 Å². The van der Waals surface area contributed by atoms with Crippen LogP contribution < -0.4 is 0 Å². The summed E-state index contributed by atoms with van der Waals surface area (Å²) in [4.78, 5) is 72.5. The number of phosphoric acid groups is 2. The standard InChI is InChI=1S/C71H138O17P2/c1-7-10-12-14-16-18-19-20-24-31-37-43-49-55-70(75)87-66(59-81-68(73)53-47-41-35-17-15-13-11-8-2)61-85-89(77,78)83-57-65(72)58-84-90(79,80)86-62-67(60-82-69(74)54-48-42-36-30-27-26-29-34-40-46-52-64(6)9-3)88-71(76)56-50-44-38-32-25-22-21-23-28-33-39-45-51-63(4)5/h63-67,72H,7-62H2,1-6H3,(H,77,78)(H,79,80)/t64?,65-,66+,67+/m0/s1. The molecule has 0 amide bonds. The number of ether oxygens (including phenoxy) is 4. The average molecular weight is 1330 g/mol. The molecule has 534 valence electrons. The van der Waals surface area contributed by atoms with E-state index in [4.69, 9.17) is 37.0 Å². The molecule has 90 heavy (non-hydrogen) atoms. The molecule has 3 unspecified atom stereocenters. The largest absolute Gasteiger partial charge is 0.472 e. The summed E-state index contributed by atoms with van der Waals surface area (Å²) >= 11 is 0. The van der Waals surface area contributed by atoms with Gasteiger partial charge in [-0.2, -0.15) is 0 Å². The highest BCUT2D eigenvalue weighted by Gasteiger charge is 2.30. The zero-order valence-electron chi connectivity index (χ0n) is 58.4. The van der Waals surface area contributed by atoms with Crippen molar-refractivity contribution in [2.75, 3.05) is 39.6 Å². The number of phosphoric ester groups is 2. The average Bonchev–Trinajstić information content (AvgIpc) is 3.00. The molecule has 0 aromatic rings. The summed E-state index contributed by atoms with van der Waals surface area (Å²) in [5, 5.41) is 10.6. The van der Waals surface area contributed by atoms with Crippen molar-refractivity contribution >= 4 is 39.5 Å². The number of hydrogen-bond acceptors (Lipinski definition) is 15. The Morgan fingerprint density at radius 3 is 0.844 bits per heavy atom. The first-order valence-electron chi connectivity index (χ1n) is 37.0. The van der Waals surface area contributed by atoms with Crippen LogP contribution in [0.25, 0.3) is 0 Å². The fourth-order valence-electron chi connectivity index (χ4n) is 10.7. The number of aliphatic hydroxyl groups excluding tert-OH is 1. The molecule has 0 aliphatic carbocycles. The lowest BCUT2D eigenvalue weighted by molar-refractivity contribution is -0.161. The van der Waals surface area contributed by atoms with E-state index in [1.165, 1.54) is 173 Å². The van der Waals surface area contributed by atoms with Gasteiger partial charge in [0.05, 0.1) is 26.4 Å². The number of hydrogen-bond donors (Lipinski definition) is 3. The van der Waals surface area contributed by atoms with E-state index in [0.29, 0.717) is 25.7 Å². The van der Waals surface area contributed by atoms with Crippen molar-refractivity contribution in [3.8, 4) is 0 Å². The van der Waals surface area contributed by atoms with Crippen LogP contribution in [0, 0.1) is 11.8 Å². The van der Waals surface area contributed by atoms with E-state index in [2.05, 4.69) is 41.5 Å². The second-order valence-electron chi connectivity index (χ2n) is 26.3. The molecule has 0 rings (SSSR count). The van der Waals surface area contributed by atoms with E-state index in [1.807, 2.05) is 0 Å². The van der Waals surface area contributed by atoms with E-state index in [0.717, 1.165) is 108 Å². The number of rotatable bonds is 70. The molecule has 19 heteroatoms. The van der Waals surface area contributed by atoms with Crippen molar-refractivity contribution in [3.05, 3.63) is 0 Å². The van der Waals surface area contributed by atoms with Gasteiger partial charge in [-0.3, -0.25) is 37.3 Å². The van der Waals surface area contributed by atoms with Crippen molar-refractivity contribution in [1.29, 1.82) is 0 Å². The molecule has 0 spiro atoms. The van der Waals surface area contributed by atoms with E-state index in [-0.39, 0.29) is 25.7 Å². The third-order valence-corrected chi connectivity index (χ3v) is 18.7. The quantitative estimate of drug-likeness (QED) is 0.0222. The summed E-state index contributed by atoms with van der Waals surface area (Å²) in [5.74, 6) is -0.537. The monoisotopic (exact) mass is 1320 g/mol. The Morgan fingerprint density at radius 2 is 0.567 bits per heavy atom. The molecule has 0 fully saturated rings. The topological polar surface area (TPSA) is 237 Å². The highest BCUT2D eigenvalue weighted by Crippen LogP contribution is 2.45. The van der Waals surface area contributed by atoms with Crippen LogP contribution >= 0.6 is 15.6 Å². The van der Waals surface area contributed by atoms with Gasteiger partial charge in [-0.1, -0.05) is 311 Å². The zero-order valence-corrected chi connectivity index (χ0v) is 60.2. The first-order valence-corrected chi connectivity index (χ1v) is 40.0. The molecule has 0 saturated heterocycles. The van der Waals surface area contributed by atoms with Crippen LogP contribution in [0.2, 0.25) is 0 Å². The number of unbranched alkanes of at least 4 members (excludes halogenated alkanes) is 39. The molecule has 3 N–H and O–H groups in total. The molecule has 0 saturated carbocycles. The highest BCUT2D eigenvalue weighted by molar-refractivity contribution is 7.47. The molecule has 0 radical (unpaired) electrons. The minimum Gasteiger partial charge on any atom is -0.462 e. The number of carbonyl (C=O) groups excluding carboxylic acids is 4. The second-order valence-corrected chi connectivity index (χ2v) is 29.3. The molecule has 0 aliphatic rings. The first kappa shape index (κ1) is 88.1. The van der Waals surface area contributed by atoms with Crippen molar-refractivity contribution in [3.63, 3.8) is 0 Å². The molecule has 0 aromatic carbocycles. The number of esters is 4. The summed E-state index contributed by atoms with van der Waals surface area (Å²) < 4.78 is 68.3. The van der Waals surface area contributed by atoms with Gasteiger partial charge in [0.1, 0.15) is 19.3 Å². The molecular weight excluding hydrogens is 1190 g/mol. The van der Waals surface area contributed by atoms with Crippen LogP contribution in [0.5, 0.6) is 0 Å². The predicted molar refractivity (Wildman–Crippen MR) is 363 cm³/mol. The molecule has 17 nitrogen and oxygen atoms in total. The lowest BCUT2D eigenvalue weighted by Gasteiger charge is -2.21. The summed E-state index contributed by atoms with van der Waals surface area (Å²) in [6, 6.07) is 0. The lowest BCUT2D eigenvalue weighted by atomic mass is 9.99. The van der Waals surface area contributed by atoms with Crippen LogP contribution in [-0.2, 0) is 65.4 Å². The summed E-state index contributed by atoms with van der Waals surface area (Å²) in [6.45, 7) is 9.57. The Balaban J connectivity index is 5.23. The SMILES string of the molecule is CCCCCCCCCCCCCCCC(=O)O[C@H](COC(=O)CCCCCCCCCC)COP(=O)(O)OC[C@H](O)COP(=O)(O)OC[C@@H](COC(=O)CCCCCCCCCCCCC(C)CC)OC(=O)CCCCCCCCCCCCCCC(C)C. The summed E-state index contributed by atoms with van der Waals surface area (Å²) in [5.41, 5.74) is 0. The Morgan fingerprint density at radius 1 is 0.322 bits per heavy atom. The van der Waals surface area contributed by atoms with Gasteiger partial charge in [-0.05, 0) is 37.5 Å². The second kappa shape index (κ2) is 63.1. The van der Waals surface area contributed by atoms with E-state index >= 15 is 0 Å². The van der Waals surface area contributed by atoms with Crippen LogP contribution in [0.4, 0.5) is 0 Å². The van der Waals surface area contributed by atoms with Gasteiger partial charge in [0, 0.05) is 25.7 Å². The third-order valence-electron chi connectivity index (χ3n) is 16.8. The smallest absolute Gasteiger partial charge is 0.462 e. The van der Waals surface area contributed by atoms with Gasteiger partial charge in [0.25, 0.3) is 0 Å². The maximum atomic E-state index is 13.0. The molecular formula is C71H138O17P2. The number of carbonyl (C=O) groups is 4. The fraction of sp³-hybridized carbons (Fsp3) is 0.944. The van der Waals surface area contributed by atoms with Gasteiger partial charge in [-0.15, -0.1) is 0 Å². The van der Waals surface area contributed by atoms with Crippen LogP contribution in [0.15, 0.2) is 0 Å². The Bertz CT molecular complexity index is 1750. The Kier molecular flexibility index (Phi) is 61.8. The van der Waals surface area contributed by atoms with Gasteiger partial charge in [0.2, 0.25) is 0 Å². The normalized spacial score (nSPS) is 14.4. The van der Waals surface area contributed by atoms with Crippen molar-refractivity contribution in [2.45, 2.75) is 381 Å². The Labute approximate surface area is 549 Å². The minimum absolute atomic E-state index is 0.107. The van der Waals surface area contributed by atoms with Crippen molar-refractivity contribution in [2.24, 2.45) is 11.8 Å².